The molecule has 2 saturated carbocycles. The molecule has 10 heteroatoms. The number of carbonyl (C=O) groups is 4. The Morgan fingerprint density at radius 1 is 0.795 bits per heavy atom. The van der Waals surface area contributed by atoms with Crippen molar-refractivity contribution in [2.45, 2.75) is 84.3 Å². The minimum atomic E-state index is -0.921. The van der Waals surface area contributed by atoms with E-state index in [0.29, 0.717) is 24.9 Å². The molecule has 2 heterocycles. The first-order valence-corrected chi connectivity index (χ1v) is 13.6. The first kappa shape index (κ1) is 28.7. The number of ether oxygens (including phenoxy) is 3. The number of nitrogens with zero attached hydrogens (tertiary/aromatic N) is 2. The second-order valence-corrected chi connectivity index (χ2v) is 12.9. The fourth-order valence-corrected chi connectivity index (χ4v) is 5.38. The van der Waals surface area contributed by atoms with Gasteiger partial charge in [-0.25, -0.2) is 19.2 Å². The number of carboxylic acids is 1. The Labute approximate surface area is 229 Å². The van der Waals surface area contributed by atoms with Gasteiger partial charge < -0.3 is 19.3 Å². The molecule has 4 aliphatic rings. The highest BCUT2D eigenvalue weighted by Crippen LogP contribution is 2.51. The van der Waals surface area contributed by atoms with Gasteiger partial charge in [0.25, 0.3) is 0 Å². The lowest BCUT2D eigenvalue weighted by molar-refractivity contribution is -0.151. The summed E-state index contributed by atoms with van der Waals surface area (Å²) in [6, 6.07) is 8.37. The smallest absolute Gasteiger partial charge is 0.411 e. The molecule has 214 valence electrons. The van der Waals surface area contributed by atoms with Crippen molar-refractivity contribution < 1.29 is 38.5 Å². The zero-order valence-electron chi connectivity index (χ0n) is 23.6. The molecule has 4 fully saturated rings. The third-order valence-corrected chi connectivity index (χ3v) is 7.27. The molecule has 0 aromatic heterocycles. The summed E-state index contributed by atoms with van der Waals surface area (Å²) in [7, 11) is 0. The van der Waals surface area contributed by atoms with Crippen LogP contribution in [0, 0.1) is 23.7 Å². The van der Waals surface area contributed by atoms with Crippen LogP contribution in [0.5, 0.6) is 0 Å². The van der Waals surface area contributed by atoms with Crippen molar-refractivity contribution in [3.8, 4) is 0 Å². The second-order valence-electron chi connectivity index (χ2n) is 12.9. The molecule has 0 radical (unpaired) electrons. The molecular weight excluding hydrogens is 504 g/mol. The maximum absolute atomic E-state index is 12.5. The number of benzene rings is 1. The average molecular weight is 545 g/mol. The highest BCUT2D eigenvalue weighted by molar-refractivity contribution is 5.84. The Kier molecular flexibility index (Phi) is 7.87. The Bertz CT molecular complexity index is 1090. The molecule has 2 amide bonds. The minimum absolute atomic E-state index is 0.144. The number of fused-ring (bicyclic) bond motifs is 2. The predicted octanol–water partition coefficient (Wildman–Crippen LogP) is 4.31. The molecule has 6 atom stereocenters. The quantitative estimate of drug-likeness (QED) is 0.439. The van der Waals surface area contributed by atoms with Crippen molar-refractivity contribution >= 4 is 24.1 Å². The summed E-state index contributed by atoms with van der Waals surface area (Å²) in [5.41, 5.74) is -0.204. The number of esters is 1. The lowest BCUT2D eigenvalue weighted by Crippen LogP contribution is -2.46. The van der Waals surface area contributed by atoms with Gasteiger partial charge in [0.15, 0.2) is 0 Å². The van der Waals surface area contributed by atoms with Crippen LogP contribution in [0.2, 0.25) is 0 Å². The SMILES string of the molecule is CC(C)(C)OC(=O)N1C[C@H]2C[C@H]2[C@@H]1C(=O)O.CC(C)(C)OC(=O)N1C[C@H]2C[C@H]2[C@@H]1C(=O)OCc1ccccc1. The van der Waals surface area contributed by atoms with Crippen molar-refractivity contribution in [1.82, 2.24) is 9.80 Å². The van der Waals surface area contributed by atoms with Gasteiger partial charge in [-0.1, -0.05) is 30.3 Å². The standard InChI is InChI=1S/C18H23NO4.C11H17NO4/c1-18(2,3)23-17(21)19-10-13-9-14(13)15(19)16(20)22-11-12-7-5-4-6-8-12;1-11(2,3)16-10(15)12-5-6-4-7(6)8(12)9(13)14/h4-8,13-15H,9-11H2,1-3H3;6-8H,4-5H2,1-3H3,(H,13,14)/t13-,14-,15-;6-,7-,8-/m11/s1. The molecule has 0 unspecified atom stereocenters. The van der Waals surface area contributed by atoms with E-state index in [4.69, 9.17) is 19.3 Å². The first-order chi connectivity index (χ1) is 18.1. The molecule has 1 N–H and O–H groups in total. The molecule has 0 bridgehead atoms. The number of aliphatic carboxylic acids is 1. The summed E-state index contributed by atoms with van der Waals surface area (Å²) < 4.78 is 16.0. The summed E-state index contributed by atoms with van der Waals surface area (Å²) >= 11 is 0. The normalized spacial score (nSPS) is 28.4. The Balaban J connectivity index is 0.000000193. The zero-order valence-corrected chi connectivity index (χ0v) is 23.6. The summed E-state index contributed by atoms with van der Waals surface area (Å²) in [6.45, 7) is 12.1. The number of likely N-dealkylation sites (tertiary alicyclic amines) is 2. The van der Waals surface area contributed by atoms with Crippen LogP contribution in [0.4, 0.5) is 9.59 Å². The first-order valence-electron chi connectivity index (χ1n) is 13.6. The summed E-state index contributed by atoms with van der Waals surface area (Å²) in [6.07, 6.45) is 0.985. The van der Waals surface area contributed by atoms with Gasteiger partial charge in [0.1, 0.15) is 29.9 Å². The van der Waals surface area contributed by atoms with E-state index in [2.05, 4.69) is 0 Å². The van der Waals surface area contributed by atoms with Crippen LogP contribution >= 0.6 is 0 Å². The third kappa shape index (κ3) is 7.22. The van der Waals surface area contributed by atoms with E-state index in [0.717, 1.165) is 18.4 Å². The molecule has 2 aliphatic heterocycles. The van der Waals surface area contributed by atoms with Gasteiger partial charge in [0, 0.05) is 13.1 Å². The van der Waals surface area contributed by atoms with E-state index in [1.807, 2.05) is 51.1 Å². The van der Waals surface area contributed by atoms with Crippen LogP contribution in [0.25, 0.3) is 0 Å². The molecule has 2 saturated heterocycles. The molecule has 39 heavy (non-hydrogen) atoms. The molecule has 5 rings (SSSR count). The number of carbonyl (C=O) groups excluding carboxylic acids is 3. The zero-order chi connectivity index (χ0) is 28.7. The second kappa shape index (κ2) is 10.7. The predicted molar refractivity (Wildman–Crippen MR) is 141 cm³/mol. The van der Waals surface area contributed by atoms with Crippen molar-refractivity contribution in [1.29, 1.82) is 0 Å². The maximum atomic E-state index is 12.5. The van der Waals surface area contributed by atoms with Crippen LogP contribution < -0.4 is 0 Å². The van der Waals surface area contributed by atoms with Gasteiger partial charge in [-0.05, 0) is 83.6 Å². The van der Waals surface area contributed by atoms with Crippen LogP contribution in [0.1, 0.15) is 59.9 Å². The van der Waals surface area contributed by atoms with Crippen molar-refractivity contribution in [2.75, 3.05) is 13.1 Å². The van der Waals surface area contributed by atoms with Gasteiger partial charge in [0.05, 0.1) is 0 Å². The van der Waals surface area contributed by atoms with Crippen LogP contribution in [-0.4, -0.2) is 75.4 Å². The molecule has 1 aromatic carbocycles. The summed E-state index contributed by atoms with van der Waals surface area (Å²) in [5.74, 6) is -0.0956. The van der Waals surface area contributed by atoms with Gasteiger partial charge in [0.2, 0.25) is 0 Å². The lowest BCUT2D eigenvalue weighted by atomic mass is 10.2. The molecule has 1 aromatic rings. The fourth-order valence-electron chi connectivity index (χ4n) is 5.38. The lowest BCUT2D eigenvalue weighted by Gasteiger charge is -2.29. The number of rotatable bonds is 4. The van der Waals surface area contributed by atoms with E-state index < -0.39 is 41.4 Å². The highest BCUT2D eigenvalue weighted by Gasteiger charge is 2.59. The Morgan fingerprint density at radius 3 is 1.72 bits per heavy atom. The van der Waals surface area contributed by atoms with Gasteiger partial charge in [-0.3, -0.25) is 9.80 Å². The van der Waals surface area contributed by atoms with Gasteiger partial charge in [-0.15, -0.1) is 0 Å². The molecule has 2 aliphatic carbocycles. The van der Waals surface area contributed by atoms with Crippen molar-refractivity contribution in [2.24, 2.45) is 23.7 Å². The summed E-state index contributed by atoms with van der Waals surface area (Å²) in [5, 5.41) is 9.08. The van der Waals surface area contributed by atoms with Gasteiger partial charge in [-0.2, -0.15) is 0 Å². The highest BCUT2D eigenvalue weighted by atomic mass is 16.6. The third-order valence-electron chi connectivity index (χ3n) is 7.27. The maximum Gasteiger partial charge on any atom is 0.411 e. The number of hydrogen-bond acceptors (Lipinski definition) is 7. The number of carboxylic acid groups (broad SMARTS) is 1. The molecular formula is C29H40N2O8. The molecule has 0 spiro atoms. The Hall–Kier alpha value is -3.30. The van der Waals surface area contributed by atoms with E-state index >= 15 is 0 Å². The number of amides is 2. The van der Waals surface area contributed by atoms with Crippen LogP contribution in [0.15, 0.2) is 30.3 Å². The van der Waals surface area contributed by atoms with E-state index in [1.54, 1.807) is 20.8 Å². The average Bonchev–Trinajstić information content (AvgIpc) is 3.70. The monoisotopic (exact) mass is 544 g/mol. The minimum Gasteiger partial charge on any atom is -0.480 e. The van der Waals surface area contributed by atoms with Crippen LogP contribution in [0.3, 0.4) is 0 Å². The van der Waals surface area contributed by atoms with Crippen molar-refractivity contribution in [3.63, 3.8) is 0 Å². The number of hydrogen-bond donors (Lipinski definition) is 1. The molecule has 10 nitrogen and oxygen atoms in total. The van der Waals surface area contributed by atoms with E-state index in [-0.39, 0.29) is 24.4 Å². The van der Waals surface area contributed by atoms with Crippen molar-refractivity contribution in [3.05, 3.63) is 35.9 Å². The Morgan fingerprint density at radius 2 is 1.26 bits per heavy atom. The van der Waals surface area contributed by atoms with Crippen LogP contribution in [-0.2, 0) is 30.4 Å². The van der Waals surface area contributed by atoms with Gasteiger partial charge >= 0.3 is 24.1 Å². The largest absolute Gasteiger partial charge is 0.480 e. The van der Waals surface area contributed by atoms with E-state index in [9.17, 15) is 19.2 Å². The summed E-state index contributed by atoms with van der Waals surface area (Å²) in [4.78, 5) is 50.5. The topological polar surface area (TPSA) is 123 Å². The van der Waals surface area contributed by atoms with E-state index in [1.165, 1.54) is 9.80 Å². The number of piperidine rings is 2. The fraction of sp³-hybridized carbons (Fsp3) is 0.655.